The Bertz CT molecular complexity index is 462. The van der Waals surface area contributed by atoms with Crippen molar-refractivity contribution in [1.29, 1.82) is 0 Å². The number of urea groups is 1. The highest BCUT2D eigenvalue weighted by Crippen LogP contribution is 2.29. The maximum Gasteiger partial charge on any atom is 0.326 e. The Labute approximate surface area is 111 Å². The molecule has 0 radical (unpaired) electrons. The fourth-order valence-electron chi connectivity index (χ4n) is 1.70. The molecule has 0 spiro atoms. The first kappa shape index (κ1) is 12.4. The van der Waals surface area contributed by atoms with Gasteiger partial charge < -0.3 is 15.3 Å². The molecule has 1 saturated heterocycles. The second-order valence-electron chi connectivity index (χ2n) is 3.84. The third-order valence-electron chi connectivity index (χ3n) is 2.69. The second-order valence-corrected chi connectivity index (χ2v) is 5.69. The number of carbonyl (C=O) groups is 2. The van der Waals surface area contributed by atoms with Crippen molar-refractivity contribution in [3.05, 3.63) is 20.8 Å². The first-order valence-corrected chi connectivity index (χ1v) is 6.70. The molecule has 1 aromatic rings. The van der Waals surface area contributed by atoms with Crippen LogP contribution in [0.1, 0.15) is 17.8 Å². The van der Waals surface area contributed by atoms with Crippen LogP contribution >= 0.6 is 27.3 Å². The molecule has 7 heteroatoms. The molecule has 17 heavy (non-hydrogen) atoms. The van der Waals surface area contributed by atoms with Crippen LogP contribution < -0.4 is 5.32 Å². The molecule has 2 unspecified atom stereocenters. The highest BCUT2D eigenvalue weighted by Gasteiger charge is 2.36. The summed E-state index contributed by atoms with van der Waals surface area (Å²) in [4.78, 5) is 24.9. The Morgan fingerprint density at radius 3 is 3.00 bits per heavy atom. The van der Waals surface area contributed by atoms with E-state index in [0.29, 0.717) is 6.54 Å². The largest absolute Gasteiger partial charge is 0.480 e. The molecule has 2 atom stereocenters. The van der Waals surface area contributed by atoms with Crippen LogP contribution in [0, 0.1) is 0 Å². The number of aliphatic carboxylic acids is 1. The summed E-state index contributed by atoms with van der Waals surface area (Å²) in [6, 6.07) is 0.684. The molecule has 0 aromatic carbocycles. The maximum atomic E-state index is 11.7. The van der Waals surface area contributed by atoms with E-state index in [4.69, 9.17) is 5.11 Å². The predicted octanol–water partition coefficient (Wildman–Crippen LogP) is 2.05. The Hall–Kier alpha value is -1.08. The minimum Gasteiger partial charge on any atom is -0.480 e. The van der Waals surface area contributed by atoms with Crippen molar-refractivity contribution in [3.8, 4) is 0 Å². The molecule has 2 heterocycles. The molecular formula is C10H11BrN2O3S. The van der Waals surface area contributed by atoms with Gasteiger partial charge in [0.2, 0.25) is 0 Å². The summed E-state index contributed by atoms with van der Waals surface area (Å²) < 4.78 is 0.969. The number of nitrogens with zero attached hydrogens (tertiary/aromatic N) is 1. The van der Waals surface area contributed by atoms with Crippen LogP contribution in [0.2, 0.25) is 0 Å². The minimum absolute atomic E-state index is 0.124. The monoisotopic (exact) mass is 318 g/mol. The number of thiophene rings is 1. The Morgan fingerprint density at radius 1 is 1.76 bits per heavy atom. The zero-order valence-corrected chi connectivity index (χ0v) is 11.4. The van der Waals surface area contributed by atoms with E-state index in [9.17, 15) is 9.59 Å². The number of hydrogen-bond donors (Lipinski definition) is 2. The van der Waals surface area contributed by atoms with Crippen molar-refractivity contribution in [2.75, 3.05) is 6.54 Å². The molecule has 1 fully saturated rings. The van der Waals surface area contributed by atoms with Gasteiger partial charge >= 0.3 is 12.0 Å². The SMILES string of the molecule is CC(C(=O)O)N1CC(c2cc(Br)cs2)NC1=O. The van der Waals surface area contributed by atoms with E-state index in [1.54, 1.807) is 0 Å². The number of carboxylic acids is 1. The highest BCUT2D eigenvalue weighted by molar-refractivity contribution is 9.10. The maximum absolute atomic E-state index is 11.7. The van der Waals surface area contributed by atoms with E-state index in [1.165, 1.54) is 23.2 Å². The van der Waals surface area contributed by atoms with E-state index < -0.39 is 12.0 Å². The fraction of sp³-hybridized carbons (Fsp3) is 0.400. The molecule has 2 rings (SSSR count). The molecule has 0 bridgehead atoms. The summed E-state index contributed by atoms with van der Waals surface area (Å²) in [7, 11) is 0. The number of hydrogen-bond acceptors (Lipinski definition) is 3. The molecule has 2 amide bonds. The zero-order chi connectivity index (χ0) is 12.6. The van der Waals surface area contributed by atoms with Gasteiger partial charge in [0.25, 0.3) is 0 Å². The van der Waals surface area contributed by atoms with Gasteiger partial charge in [0.05, 0.1) is 6.04 Å². The average molecular weight is 319 g/mol. The summed E-state index contributed by atoms with van der Waals surface area (Å²) >= 11 is 4.89. The van der Waals surface area contributed by atoms with Gasteiger partial charge in [-0.2, -0.15) is 0 Å². The van der Waals surface area contributed by atoms with Gasteiger partial charge in [-0.1, -0.05) is 0 Å². The summed E-state index contributed by atoms with van der Waals surface area (Å²) in [5.74, 6) is -0.992. The quantitative estimate of drug-likeness (QED) is 0.896. The number of rotatable bonds is 3. The molecule has 1 aromatic heterocycles. The third-order valence-corrected chi connectivity index (χ3v) is 4.50. The first-order valence-electron chi connectivity index (χ1n) is 5.03. The molecule has 92 valence electrons. The van der Waals surface area contributed by atoms with E-state index in [1.807, 2.05) is 11.4 Å². The normalized spacial score (nSPS) is 21.4. The van der Waals surface area contributed by atoms with E-state index >= 15 is 0 Å². The number of halogens is 1. The number of carboxylic acid groups (broad SMARTS) is 1. The topological polar surface area (TPSA) is 69.6 Å². The molecule has 1 aliphatic heterocycles. The van der Waals surface area contributed by atoms with Gasteiger partial charge in [-0.3, -0.25) is 0 Å². The Kier molecular flexibility index (Phi) is 3.39. The van der Waals surface area contributed by atoms with E-state index in [-0.39, 0.29) is 12.1 Å². The number of carbonyl (C=O) groups excluding carboxylic acids is 1. The van der Waals surface area contributed by atoms with Crippen LogP contribution in [-0.4, -0.2) is 34.6 Å². The lowest BCUT2D eigenvalue weighted by molar-refractivity contribution is -0.141. The van der Waals surface area contributed by atoms with Crippen molar-refractivity contribution >= 4 is 39.3 Å². The number of nitrogens with one attached hydrogen (secondary N) is 1. The Morgan fingerprint density at radius 2 is 2.47 bits per heavy atom. The lowest BCUT2D eigenvalue weighted by Gasteiger charge is -2.18. The summed E-state index contributed by atoms with van der Waals surface area (Å²) in [6.45, 7) is 1.90. The van der Waals surface area contributed by atoms with Crippen molar-refractivity contribution < 1.29 is 14.7 Å². The zero-order valence-electron chi connectivity index (χ0n) is 9.01. The van der Waals surface area contributed by atoms with Gasteiger partial charge in [-0.25, -0.2) is 9.59 Å². The average Bonchev–Trinajstić information content (AvgIpc) is 2.83. The smallest absolute Gasteiger partial charge is 0.326 e. The van der Waals surface area contributed by atoms with Crippen molar-refractivity contribution in [1.82, 2.24) is 10.2 Å². The standard InChI is InChI=1S/C10H11BrN2O3S/c1-5(9(14)15)13-3-7(12-10(13)16)8-2-6(11)4-17-8/h2,4-5,7H,3H2,1H3,(H,12,16)(H,14,15). The third kappa shape index (κ3) is 2.44. The molecule has 0 saturated carbocycles. The van der Waals surface area contributed by atoms with Crippen molar-refractivity contribution in [2.45, 2.75) is 19.0 Å². The van der Waals surface area contributed by atoms with E-state index in [2.05, 4.69) is 21.2 Å². The van der Waals surface area contributed by atoms with Crippen LogP contribution in [0.3, 0.4) is 0 Å². The fourth-order valence-corrected chi connectivity index (χ4v) is 3.18. The molecule has 2 N–H and O–H groups in total. The van der Waals surface area contributed by atoms with Gasteiger partial charge in [0.1, 0.15) is 6.04 Å². The van der Waals surface area contributed by atoms with Crippen LogP contribution in [0.15, 0.2) is 15.9 Å². The van der Waals surface area contributed by atoms with Crippen molar-refractivity contribution in [2.24, 2.45) is 0 Å². The first-order chi connectivity index (χ1) is 7.99. The van der Waals surface area contributed by atoms with Gasteiger partial charge in [0, 0.05) is 21.3 Å². The van der Waals surface area contributed by atoms with Gasteiger partial charge in [0.15, 0.2) is 0 Å². The molecule has 5 nitrogen and oxygen atoms in total. The van der Waals surface area contributed by atoms with Crippen LogP contribution in [0.4, 0.5) is 4.79 Å². The summed E-state index contributed by atoms with van der Waals surface area (Å²) in [6.07, 6.45) is 0. The van der Waals surface area contributed by atoms with Gasteiger partial charge in [-0.15, -0.1) is 11.3 Å². The molecule has 0 aliphatic carbocycles. The molecule has 1 aliphatic rings. The minimum atomic E-state index is -0.992. The van der Waals surface area contributed by atoms with Crippen LogP contribution in [0.25, 0.3) is 0 Å². The van der Waals surface area contributed by atoms with E-state index in [0.717, 1.165) is 9.35 Å². The van der Waals surface area contributed by atoms with Crippen LogP contribution in [-0.2, 0) is 4.79 Å². The van der Waals surface area contributed by atoms with Crippen molar-refractivity contribution in [3.63, 3.8) is 0 Å². The summed E-state index contributed by atoms with van der Waals surface area (Å²) in [5.41, 5.74) is 0. The second kappa shape index (κ2) is 4.66. The van der Waals surface area contributed by atoms with Crippen LogP contribution in [0.5, 0.6) is 0 Å². The highest BCUT2D eigenvalue weighted by atomic mass is 79.9. The predicted molar refractivity (Wildman–Crippen MR) is 67.1 cm³/mol. The number of amides is 2. The summed E-state index contributed by atoms with van der Waals surface area (Å²) in [5, 5.41) is 13.6. The Balaban J connectivity index is 2.12. The lowest BCUT2D eigenvalue weighted by Crippen LogP contribution is -2.40. The lowest BCUT2D eigenvalue weighted by atomic mass is 10.2. The molecular weight excluding hydrogens is 308 g/mol. The van der Waals surface area contributed by atoms with Gasteiger partial charge in [-0.05, 0) is 28.9 Å².